The monoisotopic (exact) mass is 425 g/mol. The molecule has 0 saturated carbocycles. The van der Waals surface area contributed by atoms with E-state index in [9.17, 15) is 18.8 Å². The third-order valence-electron chi connectivity index (χ3n) is 5.85. The second-order valence-electron chi connectivity index (χ2n) is 7.94. The summed E-state index contributed by atoms with van der Waals surface area (Å²) in [7, 11) is 1.66. The Morgan fingerprint density at radius 2 is 2.00 bits per heavy atom. The third-order valence-corrected chi connectivity index (χ3v) is 5.85. The van der Waals surface area contributed by atoms with Crippen LogP contribution in [-0.4, -0.2) is 36.1 Å². The van der Waals surface area contributed by atoms with Gasteiger partial charge in [-0.1, -0.05) is 12.1 Å². The number of ether oxygens (including phenoxy) is 1. The van der Waals surface area contributed by atoms with Gasteiger partial charge >= 0.3 is 6.09 Å². The largest absolute Gasteiger partial charge is 0.425 e. The minimum absolute atomic E-state index is 0.126. The zero-order valence-corrected chi connectivity index (χ0v) is 17.4. The van der Waals surface area contributed by atoms with Gasteiger partial charge in [-0.25, -0.2) is 9.18 Å². The van der Waals surface area contributed by atoms with Crippen molar-refractivity contribution in [3.63, 3.8) is 0 Å². The first-order chi connectivity index (χ1) is 14.8. The van der Waals surface area contributed by atoms with Crippen LogP contribution in [0.1, 0.15) is 52.4 Å². The molecule has 1 saturated heterocycles. The normalized spacial score (nSPS) is 19.5. The van der Waals surface area contributed by atoms with Crippen LogP contribution >= 0.6 is 0 Å². The van der Waals surface area contributed by atoms with Gasteiger partial charge in [-0.15, -0.1) is 0 Å². The fourth-order valence-electron chi connectivity index (χ4n) is 4.17. The van der Waals surface area contributed by atoms with Gasteiger partial charge in [0.15, 0.2) is 6.23 Å². The molecule has 1 aliphatic carbocycles. The van der Waals surface area contributed by atoms with Crippen molar-refractivity contribution < 1.29 is 23.5 Å². The van der Waals surface area contributed by atoms with Crippen LogP contribution in [-0.2, 0) is 16.0 Å². The predicted molar refractivity (Wildman–Crippen MR) is 112 cm³/mol. The fourth-order valence-corrected chi connectivity index (χ4v) is 4.17. The second kappa shape index (κ2) is 8.37. The van der Waals surface area contributed by atoms with E-state index in [1.807, 2.05) is 6.07 Å². The smallest absolute Gasteiger partial charge is 0.411 e. The van der Waals surface area contributed by atoms with E-state index in [0.717, 1.165) is 11.1 Å². The van der Waals surface area contributed by atoms with Gasteiger partial charge in [0.05, 0.1) is 6.04 Å². The molecule has 2 aliphatic rings. The van der Waals surface area contributed by atoms with E-state index < -0.39 is 12.3 Å². The van der Waals surface area contributed by atoms with Crippen molar-refractivity contribution in [2.45, 2.75) is 44.9 Å². The molecule has 7 nitrogen and oxygen atoms in total. The Morgan fingerprint density at radius 3 is 2.71 bits per heavy atom. The molecule has 0 spiro atoms. The summed E-state index contributed by atoms with van der Waals surface area (Å²) in [6, 6.07) is 9.66. The Morgan fingerprint density at radius 1 is 1.19 bits per heavy atom. The maximum absolute atomic E-state index is 13.5. The molecule has 8 heteroatoms. The van der Waals surface area contributed by atoms with Crippen LogP contribution in [0.4, 0.5) is 14.9 Å². The maximum Gasteiger partial charge on any atom is 0.411 e. The van der Waals surface area contributed by atoms with Crippen LogP contribution in [0.2, 0.25) is 0 Å². The van der Waals surface area contributed by atoms with E-state index in [4.69, 9.17) is 4.74 Å². The van der Waals surface area contributed by atoms with E-state index in [1.54, 1.807) is 32.2 Å². The Bertz CT molecular complexity index is 1060. The Hall–Kier alpha value is -3.42. The van der Waals surface area contributed by atoms with E-state index in [0.29, 0.717) is 42.5 Å². The Labute approximate surface area is 179 Å². The standard InChI is InChI=1S/C23H24FN3O4/c1-13-12-14(6-8-18(13)24)25-22(29)17-5-3-4-16-15(17)7-9-19(16)27(2)23(30)31-21-11-10-20(28)26-21/h3-6,8,12,19,21H,7,9-11H2,1-2H3,(H,25,29)(H,26,28)/t19-,21+/m0/s1. The first-order valence-electron chi connectivity index (χ1n) is 10.3. The molecule has 162 valence electrons. The summed E-state index contributed by atoms with van der Waals surface area (Å²) in [6.45, 7) is 1.64. The molecule has 1 heterocycles. The number of hydrogen-bond donors (Lipinski definition) is 2. The lowest BCUT2D eigenvalue weighted by atomic mass is 10.0. The molecule has 0 bridgehead atoms. The lowest BCUT2D eigenvalue weighted by Crippen LogP contribution is -2.37. The number of fused-ring (bicyclic) bond motifs is 1. The number of amides is 3. The average Bonchev–Trinajstić information content (AvgIpc) is 3.35. The lowest BCUT2D eigenvalue weighted by Gasteiger charge is -2.26. The van der Waals surface area contributed by atoms with Crippen molar-refractivity contribution in [3.8, 4) is 0 Å². The van der Waals surface area contributed by atoms with Crippen LogP contribution in [0.15, 0.2) is 36.4 Å². The van der Waals surface area contributed by atoms with E-state index in [2.05, 4.69) is 10.6 Å². The SMILES string of the molecule is Cc1cc(NC(=O)c2cccc3c2CC[C@@H]3N(C)C(=O)O[C@@H]2CCC(=O)N2)ccc1F. The van der Waals surface area contributed by atoms with Crippen molar-refractivity contribution >= 4 is 23.6 Å². The van der Waals surface area contributed by atoms with Gasteiger partial charge in [0.25, 0.3) is 5.91 Å². The summed E-state index contributed by atoms with van der Waals surface area (Å²) in [5.74, 6) is -0.727. The number of nitrogens with one attached hydrogen (secondary N) is 2. The van der Waals surface area contributed by atoms with E-state index in [-0.39, 0.29) is 23.7 Å². The van der Waals surface area contributed by atoms with Crippen molar-refractivity contribution in [2.75, 3.05) is 12.4 Å². The Kier molecular flexibility index (Phi) is 5.63. The average molecular weight is 425 g/mol. The van der Waals surface area contributed by atoms with Gasteiger partial charge < -0.3 is 20.3 Å². The zero-order chi connectivity index (χ0) is 22.1. The molecule has 0 aromatic heterocycles. The third kappa shape index (κ3) is 4.23. The number of halogens is 1. The molecular weight excluding hydrogens is 401 g/mol. The van der Waals surface area contributed by atoms with Crippen LogP contribution < -0.4 is 10.6 Å². The molecule has 1 fully saturated rings. The molecule has 3 amide bonds. The highest BCUT2D eigenvalue weighted by Gasteiger charge is 2.34. The van der Waals surface area contributed by atoms with E-state index >= 15 is 0 Å². The Balaban J connectivity index is 1.49. The molecular formula is C23H24FN3O4. The summed E-state index contributed by atoms with van der Waals surface area (Å²) in [5.41, 5.74) is 3.30. The van der Waals surface area contributed by atoms with Gasteiger partial charge in [0.2, 0.25) is 5.91 Å². The van der Waals surface area contributed by atoms with Gasteiger partial charge in [-0.05, 0) is 60.7 Å². The van der Waals surface area contributed by atoms with Gasteiger partial charge in [0, 0.05) is 31.1 Å². The molecule has 31 heavy (non-hydrogen) atoms. The first-order valence-corrected chi connectivity index (χ1v) is 10.3. The summed E-state index contributed by atoms with van der Waals surface area (Å²) >= 11 is 0. The molecule has 4 rings (SSSR count). The number of benzene rings is 2. The molecule has 1 aliphatic heterocycles. The maximum atomic E-state index is 13.5. The molecule has 0 unspecified atom stereocenters. The molecule has 0 radical (unpaired) electrons. The van der Waals surface area contributed by atoms with Crippen molar-refractivity contribution in [3.05, 3.63) is 64.5 Å². The van der Waals surface area contributed by atoms with Gasteiger partial charge in [-0.2, -0.15) is 0 Å². The first kappa shape index (κ1) is 20.8. The number of carbonyl (C=O) groups excluding carboxylic acids is 3. The number of hydrogen-bond acceptors (Lipinski definition) is 4. The minimum atomic E-state index is -0.598. The summed E-state index contributed by atoms with van der Waals surface area (Å²) in [6.07, 6.45) is 1.01. The van der Waals surface area contributed by atoms with E-state index in [1.165, 1.54) is 17.0 Å². The van der Waals surface area contributed by atoms with Crippen molar-refractivity contribution in [1.82, 2.24) is 10.2 Å². The van der Waals surface area contributed by atoms with Crippen molar-refractivity contribution in [1.29, 1.82) is 0 Å². The lowest BCUT2D eigenvalue weighted by molar-refractivity contribution is -0.120. The predicted octanol–water partition coefficient (Wildman–Crippen LogP) is 3.68. The number of carbonyl (C=O) groups is 3. The highest BCUT2D eigenvalue weighted by atomic mass is 19.1. The zero-order valence-electron chi connectivity index (χ0n) is 17.4. The summed E-state index contributed by atoms with van der Waals surface area (Å²) in [5, 5.41) is 5.44. The second-order valence-corrected chi connectivity index (χ2v) is 7.94. The van der Waals surface area contributed by atoms with Crippen LogP contribution in [0.25, 0.3) is 0 Å². The highest BCUT2D eigenvalue weighted by Crippen LogP contribution is 2.37. The number of rotatable bonds is 4. The molecule has 2 N–H and O–H groups in total. The molecule has 2 aromatic rings. The van der Waals surface area contributed by atoms with Gasteiger partial charge in [0.1, 0.15) is 5.82 Å². The van der Waals surface area contributed by atoms with Gasteiger partial charge in [-0.3, -0.25) is 9.59 Å². The molecule has 2 atom stereocenters. The topological polar surface area (TPSA) is 87.7 Å². The summed E-state index contributed by atoms with van der Waals surface area (Å²) < 4.78 is 18.9. The van der Waals surface area contributed by atoms with Crippen LogP contribution in [0, 0.1) is 12.7 Å². The number of nitrogens with zero attached hydrogens (tertiary/aromatic N) is 1. The number of aryl methyl sites for hydroxylation is 1. The fraction of sp³-hybridized carbons (Fsp3) is 0.348. The van der Waals surface area contributed by atoms with Crippen LogP contribution in [0.3, 0.4) is 0 Å². The number of anilines is 1. The van der Waals surface area contributed by atoms with Crippen LogP contribution in [0.5, 0.6) is 0 Å². The molecule has 2 aromatic carbocycles. The quantitative estimate of drug-likeness (QED) is 0.782. The summed E-state index contributed by atoms with van der Waals surface area (Å²) in [4.78, 5) is 38.3. The van der Waals surface area contributed by atoms with Crippen molar-refractivity contribution in [2.24, 2.45) is 0 Å². The minimum Gasteiger partial charge on any atom is -0.425 e. The highest BCUT2D eigenvalue weighted by molar-refractivity contribution is 6.05.